The van der Waals surface area contributed by atoms with Gasteiger partial charge in [0, 0.05) is 16.4 Å². The van der Waals surface area contributed by atoms with Crippen LogP contribution in [0, 0.1) is 11.7 Å². The molecule has 1 aromatic rings. The molecule has 0 aliphatic heterocycles. The summed E-state index contributed by atoms with van der Waals surface area (Å²) in [7, 11) is 1.95. The number of rotatable bonds is 3. The first-order chi connectivity index (χ1) is 8.61. The monoisotopic (exact) mass is 313 g/mol. The van der Waals surface area contributed by atoms with Crippen LogP contribution in [0.25, 0.3) is 0 Å². The quantitative estimate of drug-likeness (QED) is 0.865. The number of hydrogen-bond acceptors (Lipinski definition) is 2. The molecule has 2 nitrogen and oxygen atoms in total. The molecule has 0 saturated heterocycles. The first-order valence-electron chi connectivity index (χ1n) is 6.28. The molecule has 1 fully saturated rings. The highest BCUT2D eigenvalue weighted by atomic mass is 79.9. The highest BCUT2D eigenvalue weighted by molar-refractivity contribution is 9.10. The Balaban J connectivity index is 2.10. The van der Waals surface area contributed by atoms with E-state index in [4.69, 9.17) is 0 Å². The lowest BCUT2D eigenvalue weighted by Crippen LogP contribution is -2.32. The molecule has 1 saturated carbocycles. The van der Waals surface area contributed by atoms with Gasteiger partial charge in [0.1, 0.15) is 5.82 Å². The van der Waals surface area contributed by atoms with Crippen LogP contribution in [0.1, 0.15) is 36.0 Å². The van der Waals surface area contributed by atoms with Gasteiger partial charge in [0.2, 0.25) is 0 Å². The normalized spacial score (nSPS) is 23.9. The van der Waals surface area contributed by atoms with Gasteiger partial charge in [-0.15, -0.1) is 0 Å². The molecule has 0 heterocycles. The van der Waals surface area contributed by atoms with Crippen molar-refractivity contribution in [2.75, 3.05) is 7.05 Å². The fourth-order valence-electron chi connectivity index (χ4n) is 2.55. The van der Waals surface area contributed by atoms with Crippen LogP contribution in [0.4, 0.5) is 4.39 Å². The highest BCUT2D eigenvalue weighted by Crippen LogP contribution is 2.29. The molecular weight excluding hydrogens is 297 g/mol. The first-order valence-corrected chi connectivity index (χ1v) is 7.07. The molecule has 1 aliphatic carbocycles. The van der Waals surface area contributed by atoms with Gasteiger partial charge < -0.3 is 5.32 Å². The van der Waals surface area contributed by atoms with E-state index in [-0.39, 0.29) is 17.3 Å². The van der Waals surface area contributed by atoms with Crippen molar-refractivity contribution in [2.45, 2.75) is 31.7 Å². The largest absolute Gasteiger partial charge is 0.317 e. The number of carbonyl (C=O) groups is 1. The highest BCUT2D eigenvalue weighted by Gasteiger charge is 2.27. The van der Waals surface area contributed by atoms with E-state index in [2.05, 4.69) is 21.2 Å². The molecule has 2 rings (SSSR count). The average molecular weight is 314 g/mol. The number of benzene rings is 1. The zero-order chi connectivity index (χ0) is 13.1. The Morgan fingerprint density at radius 1 is 1.33 bits per heavy atom. The maximum atomic E-state index is 13.7. The van der Waals surface area contributed by atoms with E-state index in [1.807, 2.05) is 7.05 Å². The van der Waals surface area contributed by atoms with Crippen LogP contribution in [0.5, 0.6) is 0 Å². The Morgan fingerprint density at radius 2 is 2.00 bits per heavy atom. The molecule has 1 aliphatic rings. The van der Waals surface area contributed by atoms with Crippen molar-refractivity contribution in [3.8, 4) is 0 Å². The van der Waals surface area contributed by atoms with Crippen molar-refractivity contribution < 1.29 is 9.18 Å². The SMILES string of the molecule is CNC1CCC(C(=O)c2cc(Br)ccc2F)CC1. The molecule has 0 radical (unpaired) electrons. The van der Waals surface area contributed by atoms with Gasteiger partial charge in [-0.1, -0.05) is 15.9 Å². The summed E-state index contributed by atoms with van der Waals surface area (Å²) >= 11 is 3.28. The van der Waals surface area contributed by atoms with Crippen LogP contribution < -0.4 is 5.32 Å². The van der Waals surface area contributed by atoms with E-state index in [9.17, 15) is 9.18 Å². The summed E-state index contributed by atoms with van der Waals surface area (Å²) in [6, 6.07) is 5.05. The molecular formula is C14H17BrFNO. The summed E-state index contributed by atoms with van der Waals surface area (Å²) in [5.41, 5.74) is 0.220. The molecule has 0 amide bonds. The van der Waals surface area contributed by atoms with Crippen LogP contribution in [-0.4, -0.2) is 18.9 Å². The van der Waals surface area contributed by atoms with Crippen molar-refractivity contribution >= 4 is 21.7 Å². The Morgan fingerprint density at radius 3 is 2.61 bits per heavy atom. The lowest BCUT2D eigenvalue weighted by atomic mass is 9.81. The van der Waals surface area contributed by atoms with E-state index in [0.717, 1.165) is 30.2 Å². The molecule has 0 bridgehead atoms. The number of hydrogen-bond donors (Lipinski definition) is 1. The fraction of sp³-hybridized carbons (Fsp3) is 0.500. The van der Waals surface area contributed by atoms with Crippen molar-refractivity contribution in [2.24, 2.45) is 5.92 Å². The predicted octanol–water partition coefficient (Wildman–Crippen LogP) is 3.55. The predicted molar refractivity (Wildman–Crippen MR) is 73.2 cm³/mol. The summed E-state index contributed by atoms with van der Waals surface area (Å²) in [5.74, 6) is -0.499. The van der Waals surface area contributed by atoms with Crippen LogP contribution in [-0.2, 0) is 0 Å². The number of nitrogens with one attached hydrogen (secondary N) is 1. The second-order valence-electron chi connectivity index (χ2n) is 4.83. The summed E-state index contributed by atoms with van der Waals surface area (Å²) in [4.78, 5) is 12.3. The molecule has 18 heavy (non-hydrogen) atoms. The molecule has 1 aromatic carbocycles. The third-order valence-electron chi connectivity index (χ3n) is 3.70. The molecule has 0 aromatic heterocycles. The van der Waals surface area contributed by atoms with E-state index in [0.29, 0.717) is 6.04 Å². The number of carbonyl (C=O) groups excluding carboxylic acids is 1. The summed E-state index contributed by atoms with van der Waals surface area (Å²) in [6.45, 7) is 0. The van der Waals surface area contributed by atoms with E-state index in [1.165, 1.54) is 6.07 Å². The molecule has 1 N–H and O–H groups in total. The average Bonchev–Trinajstić information content (AvgIpc) is 2.41. The molecule has 0 spiro atoms. The maximum absolute atomic E-state index is 13.7. The second kappa shape index (κ2) is 5.93. The molecule has 98 valence electrons. The molecule has 0 unspecified atom stereocenters. The minimum absolute atomic E-state index is 0.0293. The van der Waals surface area contributed by atoms with E-state index < -0.39 is 5.82 Å². The lowest BCUT2D eigenvalue weighted by molar-refractivity contribution is 0.0876. The number of Topliss-reactive ketones (excluding diaryl/α,β-unsaturated/α-hetero) is 1. The van der Waals surface area contributed by atoms with E-state index in [1.54, 1.807) is 12.1 Å². The first kappa shape index (κ1) is 13.7. The third-order valence-corrected chi connectivity index (χ3v) is 4.19. The molecule has 4 heteroatoms. The Hall–Kier alpha value is -0.740. The zero-order valence-electron chi connectivity index (χ0n) is 10.4. The second-order valence-corrected chi connectivity index (χ2v) is 5.74. The Bertz CT molecular complexity index is 441. The van der Waals surface area contributed by atoms with Crippen molar-refractivity contribution in [1.82, 2.24) is 5.32 Å². The lowest BCUT2D eigenvalue weighted by Gasteiger charge is -2.27. The zero-order valence-corrected chi connectivity index (χ0v) is 12.0. The van der Waals surface area contributed by atoms with Gasteiger partial charge in [0.05, 0.1) is 5.56 Å². The number of ketones is 1. The minimum Gasteiger partial charge on any atom is -0.317 e. The van der Waals surface area contributed by atoms with Crippen molar-refractivity contribution in [1.29, 1.82) is 0 Å². The van der Waals surface area contributed by atoms with Crippen molar-refractivity contribution in [3.63, 3.8) is 0 Å². The minimum atomic E-state index is -0.418. The van der Waals surface area contributed by atoms with Gasteiger partial charge in [0.15, 0.2) is 5.78 Å². The summed E-state index contributed by atoms with van der Waals surface area (Å²) < 4.78 is 14.4. The van der Waals surface area contributed by atoms with Gasteiger partial charge in [-0.25, -0.2) is 4.39 Å². The van der Waals surface area contributed by atoms with Gasteiger partial charge >= 0.3 is 0 Å². The van der Waals surface area contributed by atoms with Crippen LogP contribution >= 0.6 is 15.9 Å². The standard InChI is InChI=1S/C14H17BrFNO/c1-17-11-5-2-9(3-6-11)14(18)12-8-10(15)4-7-13(12)16/h4,7-9,11,17H,2-3,5-6H2,1H3. The van der Waals surface area contributed by atoms with Gasteiger partial charge in [-0.2, -0.15) is 0 Å². The maximum Gasteiger partial charge on any atom is 0.168 e. The topological polar surface area (TPSA) is 29.1 Å². The fourth-order valence-corrected chi connectivity index (χ4v) is 2.91. The Labute approximate surface area is 115 Å². The smallest absolute Gasteiger partial charge is 0.168 e. The van der Waals surface area contributed by atoms with Crippen LogP contribution in [0.2, 0.25) is 0 Å². The molecule has 0 atom stereocenters. The number of halogens is 2. The van der Waals surface area contributed by atoms with E-state index >= 15 is 0 Å². The van der Waals surface area contributed by atoms with Crippen LogP contribution in [0.15, 0.2) is 22.7 Å². The summed E-state index contributed by atoms with van der Waals surface area (Å²) in [6.07, 6.45) is 3.66. The van der Waals surface area contributed by atoms with Gasteiger partial charge in [0.25, 0.3) is 0 Å². The van der Waals surface area contributed by atoms with Crippen LogP contribution in [0.3, 0.4) is 0 Å². The van der Waals surface area contributed by atoms with Crippen molar-refractivity contribution in [3.05, 3.63) is 34.1 Å². The van der Waals surface area contributed by atoms with Gasteiger partial charge in [-0.3, -0.25) is 4.79 Å². The Kier molecular flexibility index (Phi) is 4.51. The third kappa shape index (κ3) is 2.98. The summed E-state index contributed by atoms with van der Waals surface area (Å²) in [5, 5.41) is 3.23. The van der Waals surface area contributed by atoms with Gasteiger partial charge in [-0.05, 0) is 50.9 Å².